The number of hydrogen-bond donors (Lipinski definition) is 2. The molecular formula is C9H17NO3S. The molecule has 1 aliphatic rings. The molecule has 1 rings (SSSR count). The third-order valence-electron chi connectivity index (χ3n) is 2.43. The molecule has 0 aromatic carbocycles. The quantitative estimate of drug-likeness (QED) is 0.660. The lowest BCUT2D eigenvalue weighted by Crippen LogP contribution is -2.55. The molecule has 1 aliphatic heterocycles. The van der Waals surface area contributed by atoms with E-state index in [2.05, 4.69) is 5.32 Å². The van der Waals surface area contributed by atoms with Crippen LogP contribution in [0, 0.1) is 0 Å². The molecule has 0 spiro atoms. The molecule has 4 nitrogen and oxygen atoms in total. The molecule has 14 heavy (non-hydrogen) atoms. The Kier molecular flexibility index (Phi) is 3.83. The number of aliphatic hydroxyl groups is 1. The molecule has 5 heteroatoms. The fourth-order valence-corrected chi connectivity index (χ4v) is 1.65. The lowest BCUT2D eigenvalue weighted by Gasteiger charge is -2.39. The van der Waals surface area contributed by atoms with Gasteiger partial charge in [-0.05, 0) is 13.8 Å². The first-order valence-electron chi connectivity index (χ1n) is 4.61. The summed E-state index contributed by atoms with van der Waals surface area (Å²) in [5.74, 6) is -0.674. The fourth-order valence-electron chi connectivity index (χ4n) is 1.50. The summed E-state index contributed by atoms with van der Waals surface area (Å²) in [5.41, 5.74) is 0. The van der Waals surface area contributed by atoms with Gasteiger partial charge < -0.3 is 19.9 Å². The second-order valence-electron chi connectivity index (χ2n) is 3.73. The Morgan fingerprint density at radius 2 is 2.36 bits per heavy atom. The van der Waals surface area contributed by atoms with Crippen molar-refractivity contribution in [2.24, 2.45) is 0 Å². The van der Waals surface area contributed by atoms with E-state index in [1.807, 2.05) is 6.92 Å². The van der Waals surface area contributed by atoms with Crippen molar-refractivity contribution in [3.05, 3.63) is 0 Å². The number of ether oxygens (including phenoxy) is 2. The zero-order chi connectivity index (χ0) is 10.8. The van der Waals surface area contributed by atoms with Crippen molar-refractivity contribution >= 4 is 17.2 Å². The van der Waals surface area contributed by atoms with Crippen LogP contribution in [-0.2, 0) is 9.47 Å². The summed E-state index contributed by atoms with van der Waals surface area (Å²) in [5, 5.41) is 12.8. The molecule has 1 fully saturated rings. The third-order valence-corrected chi connectivity index (χ3v) is 2.55. The largest absolute Gasteiger partial charge is 0.391 e. The zero-order valence-corrected chi connectivity index (χ0v) is 9.56. The van der Waals surface area contributed by atoms with Crippen molar-refractivity contribution in [2.75, 3.05) is 13.7 Å². The Morgan fingerprint density at radius 1 is 1.71 bits per heavy atom. The highest BCUT2D eigenvalue weighted by Gasteiger charge is 2.38. The molecule has 0 aliphatic carbocycles. The fraction of sp³-hybridized carbons (Fsp3) is 0.889. The van der Waals surface area contributed by atoms with Crippen molar-refractivity contribution in [1.29, 1.82) is 0 Å². The van der Waals surface area contributed by atoms with Gasteiger partial charge in [-0.2, -0.15) is 0 Å². The molecule has 82 valence electrons. The van der Waals surface area contributed by atoms with Crippen LogP contribution in [0.3, 0.4) is 0 Å². The lowest BCUT2D eigenvalue weighted by atomic mass is 10.00. The first-order chi connectivity index (χ1) is 6.47. The minimum atomic E-state index is -0.674. The molecular weight excluding hydrogens is 202 g/mol. The Hall–Kier alpha value is -0.230. The van der Waals surface area contributed by atoms with E-state index in [9.17, 15) is 5.11 Å². The summed E-state index contributed by atoms with van der Waals surface area (Å²) in [7, 11) is 1.57. The van der Waals surface area contributed by atoms with E-state index in [-0.39, 0.29) is 6.04 Å². The highest BCUT2D eigenvalue weighted by molar-refractivity contribution is 7.80. The van der Waals surface area contributed by atoms with Gasteiger partial charge in [0.25, 0.3) is 0 Å². The number of nitrogens with one attached hydrogen (secondary N) is 1. The molecule has 3 atom stereocenters. The van der Waals surface area contributed by atoms with E-state index in [1.54, 1.807) is 14.0 Å². The Balaban J connectivity index is 2.51. The monoisotopic (exact) mass is 219 g/mol. The van der Waals surface area contributed by atoms with Crippen molar-refractivity contribution in [3.63, 3.8) is 0 Å². The smallest absolute Gasteiger partial charge is 0.167 e. The van der Waals surface area contributed by atoms with Gasteiger partial charge in [-0.25, -0.2) is 0 Å². The Morgan fingerprint density at radius 3 is 2.79 bits per heavy atom. The lowest BCUT2D eigenvalue weighted by molar-refractivity contribution is -0.253. The van der Waals surface area contributed by atoms with Crippen LogP contribution >= 0.6 is 12.2 Å². The van der Waals surface area contributed by atoms with Crippen LogP contribution in [-0.4, -0.2) is 41.7 Å². The minimum Gasteiger partial charge on any atom is -0.391 e. The molecule has 0 aromatic rings. The maximum Gasteiger partial charge on any atom is 0.167 e. The second-order valence-corrected chi connectivity index (χ2v) is 4.34. The topological polar surface area (TPSA) is 50.7 Å². The molecule has 2 N–H and O–H groups in total. The molecule has 1 heterocycles. The van der Waals surface area contributed by atoms with E-state index in [1.165, 1.54) is 0 Å². The average Bonchev–Trinajstić information content (AvgIpc) is 2.10. The van der Waals surface area contributed by atoms with Gasteiger partial charge in [0.1, 0.15) is 0 Å². The predicted molar refractivity (Wildman–Crippen MR) is 57.2 cm³/mol. The van der Waals surface area contributed by atoms with Crippen LogP contribution in [0.4, 0.5) is 0 Å². The molecule has 0 aromatic heterocycles. The van der Waals surface area contributed by atoms with Gasteiger partial charge in [0.15, 0.2) is 5.79 Å². The molecule has 1 saturated heterocycles. The van der Waals surface area contributed by atoms with Crippen molar-refractivity contribution in [2.45, 2.75) is 38.2 Å². The van der Waals surface area contributed by atoms with Gasteiger partial charge >= 0.3 is 0 Å². The minimum absolute atomic E-state index is 0.129. The summed E-state index contributed by atoms with van der Waals surface area (Å²) in [6.45, 7) is 4.00. The van der Waals surface area contributed by atoms with E-state index >= 15 is 0 Å². The van der Waals surface area contributed by atoms with Crippen LogP contribution < -0.4 is 5.32 Å². The van der Waals surface area contributed by atoms with Crippen LogP contribution in [0.25, 0.3) is 0 Å². The normalized spacial score (nSPS) is 38.0. The molecule has 0 radical (unpaired) electrons. The van der Waals surface area contributed by atoms with Crippen molar-refractivity contribution in [1.82, 2.24) is 5.32 Å². The Bertz CT molecular complexity index is 224. The van der Waals surface area contributed by atoms with Gasteiger partial charge in [0.05, 0.1) is 23.7 Å². The van der Waals surface area contributed by atoms with Gasteiger partial charge in [-0.15, -0.1) is 0 Å². The van der Waals surface area contributed by atoms with E-state index < -0.39 is 11.9 Å². The summed E-state index contributed by atoms with van der Waals surface area (Å²) < 4.78 is 10.7. The van der Waals surface area contributed by atoms with Gasteiger partial charge in [-0.1, -0.05) is 12.2 Å². The number of hydrogen-bond acceptors (Lipinski definition) is 4. The Labute approximate surface area is 89.6 Å². The highest BCUT2D eigenvalue weighted by Crippen LogP contribution is 2.25. The van der Waals surface area contributed by atoms with Gasteiger partial charge in [-0.3, -0.25) is 0 Å². The third kappa shape index (κ3) is 2.88. The molecule has 0 bridgehead atoms. The summed E-state index contributed by atoms with van der Waals surface area (Å²) >= 11 is 4.91. The predicted octanol–water partition coefficient (Wildman–Crippen LogP) is 0.436. The van der Waals surface area contributed by atoms with Crippen molar-refractivity contribution in [3.8, 4) is 0 Å². The van der Waals surface area contributed by atoms with E-state index in [0.29, 0.717) is 18.0 Å². The van der Waals surface area contributed by atoms with Gasteiger partial charge in [0.2, 0.25) is 0 Å². The second kappa shape index (κ2) is 4.53. The summed E-state index contributed by atoms with van der Waals surface area (Å²) in [6.07, 6.45) is -0.0457. The summed E-state index contributed by atoms with van der Waals surface area (Å²) in [6, 6.07) is -0.129. The van der Waals surface area contributed by atoms with Crippen LogP contribution in [0.5, 0.6) is 0 Å². The number of aliphatic hydroxyl groups excluding tert-OH is 1. The maximum atomic E-state index is 9.80. The number of methoxy groups -OCH3 is 1. The molecule has 0 saturated carbocycles. The van der Waals surface area contributed by atoms with E-state index in [0.717, 1.165) is 0 Å². The van der Waals surface area contributed by atoms with Crippen molar-refractivity contribution < 1.29 is 14.6 Å². The first kappa shape index (κ1) is 11.8. The van der Waals surface area contributed by atoms with E-state index in [4.69, 9.17) is 21.7 Å². The maximum absolute atomic E-state index is 9.80. The number of rotatable bonds is 2. The average molecular weight is 219 g/mol. The standard InChI is InChI=1S/C9H17NO3S/c1-6(14)10-7-5-13-9(2,12-3)4-8(7)11/h7-8,11H,4-5H2,1-3H3,(H,10,14). The molecule has 3 unspecified atom stereocenters. The molecule has 0 amide bonds. The van der Waals surface area contributed by atoms with Crippen LogP contribution in [0.1, 0.15) is 20.3 Å². The SMILES string of the molecule is COC1(C)CC(O)C(NC(C)=S)CO1. The van der Waals surface area contributed by atoms with Crippen LogP contribution in [0.2, 0.25) is 0 Å². The highest BCUT2D eigenvalue weighted by atomic mass is 32.1. The van der Waals surface area contributed by atoms with Crippen LogP contribution in [0.15, 0.2) is 0 Å². The number of thiocarbonyl (C=S) groups is 1. The summed E-state index contributed by atoms with van der Waals surface area (Å²) in [4.78, 5) is 0.665. The van der Waals surface area contributed by atoms with Gasteiger partial charge in [0, 0.05) is 13.5 Å². The first-order valence-corrected chi connectivity index (χ1v) is 5.02. The zero-order valence-electron chi connectivity index (χ0n) is 8.74.